The number of aromatic nitrogens is 4. The summed E-state index contributed by atoms with van der Waals surface area (Å²) in [4.78, 5) is 17.5. The summed E-state index contributed by atoms with van der Waals surface area (Å²) in [6.07, 6.45) is 8.10. The van der Waals surface area contributed by atoms with E-state index in [-0.39, 0.29) is 11.3 Å². The van der Waals surface area contributed by atoms with Crippen molar-refractivity contribution in [2.24, 2.45) is 5.41 Å². The predicted molar refractivity (Wildman–Crippen MR) is 103 cm³/mol. The molecule has 1 aromatic carbocycles. The molecule has 0 atom stereocenters. The van der Waals surface area contributed by atoms with E-state index < -0.39 is 0 Å². The van der Waals surface area contributed by atoms with E-state index in [9.17, 15) is 4.79 Å². The van der Waals surface area contributed by atoms with Gasteiger partial charge in [-0.1, -0.05) is 37.5 Å². The highest BCUT2D eigenvalue weighted by Crippen LogP contribution is 2.41. The van der Waals surface area contributed by atoms with Gasteiger partial charge in [-0.25, -0.2) is 4.68 Å². The lowest BCUT2D eigenvalue weighted by Crippen LogP contribution is -2.50. The number of anilines is 1. The first-order chi connectivity index (χ1) is 13.2. The first kappa shape index (κ1) is 17.9. The molecule has 7 nitrogen and oxygen atoms in total. The van der Waals surface area contributed by atoms with Gasteiger partial charge in [0, 0.05) is 38.3 Å². The van der Waals surface area contributed by atoms with Crippen molar-refractivity contribution in [2.45, 2.75) is 45.1 Å². The van der Waals surface area contributed by atoms with Crippen molar-refractivity contribution < 1.29 is 4.79 Å². The number of tetrazole rings is 1. The van der Waals surface area contributed by atoms with Gasteiger partial charge < -0.3 is 9.80 Å². The van der Waals surface area contributed by atoms with Crippen LogP contribution in [0.4, 0.5) is 5.69 Å². The van der Waals surface area contributed by atoms with Crippen LogP contribution in [0.1, 0.15) is 38.5 Å². The lowest BCUT2D eigenvalue weighted by molar-refractivity contribution is -0.135. The molecular weight excluding hydrogens is 340 g/mol. The molecule has 2 fully saturated rings. The molecule has 1 aliphatic carbocycles. The van der Waals surface area contributed by atoms with Gasteiger partial charge >= 0.3 is 0 Å². The van der Waals surface area contributed by atoms with Crippen LogP contribution < -0.4 is 4.90 Å². The Morgan fingerprint density at radius 2 is 1.74 bits per heavy atom. The second-order valence-electron chi connectivity index (χ2n) is 7.95. The number of amides is 1. The molecule has 1 amide bonds. The van der Waals surface area contributed by atoms with Crippen LogP contribution in [-0.2, 0) is 11.3 Å². The molecule has 0 N–H and O–H groups in total. The lowest BCUT2D eigenvalue weighted by Gasteiger charge is -2.40. The standard InChI is InChI=1S/C20H28N6O/c27-19(25-13-11-24(12-14-25)18-7-3-1-4-8-18)15-20(9-5-2-6-10-20)16-26-17-21-22-23-26/h1,3-4,7-8,17H,2,5-6,9-16H2. The van der Waals surface area contributed by atoms with Gasteiger partial charge in [-0.05, 0) is 40.8 Å². The van der Waals surface area contributed by atoms with E-state index >= 15 is 0 Å². The SMILES string of the molecule is O=C(CC1(Cn2cnnn2)CCCCC1)N1CCN(c2ccccc2)CC1. The van der Waals surface area contributed by atoms with Gasteiger partial charge in [0.15, 0.2) is 0 Å². The quantitative estimate of drug-likeness (QED) is 0.810. The minimum absolute atomic E-state index is 0.00127. The van der Waals surface area contributed by atoms with E-state index in [1.165, 1.54) is 24.9 Å². The average molecular weight is 368 g/mol. The third-order valence-corrected chi connectivity index (χ3v) is 6.08. The van der Waals surface area contributed by atoms with Gasteiger partial charge in [-0.15, -0.1) is 5.10 Å². The Hall–Kier alpha value is -2.44. The number of hydrogen-bond donors (Lipinski definition) is 0. The Labute approximate surface area is 160 Å². The maximum Gasteiger partial charge on any atom is 0.223 e. The number of piperazine rings is 1. The zero-order chi connectivity index (χ0) is 18.5. The molecule has 144 valence electrons. The van der Waals surface area contributed by atoms with Crippen molar-refractivity contribution in [3.8, 4) is 0 Å². The average Bonchev–Trinajstić information content (AvgIpc) is 3.22. The molecular formula is C20H28N6O. The summed E-state index contributed by atoms with van der Waals surface area (Å²) in [6, 6.07) is 10.5. The molecule has 1 saturated carbocycles. The summed E-state index contributed by atoms with van der Waals surface area (Å²) in [5.74, 6) is 0.290. The van der Waals surface area contributed by atoms with E-state index in [1.54, 1.807) is 11.0 Å². The molecule has 0 bridgehead atoms. The van der Waals surface area contributed by atoms with Crippen LogP contribution in [-0.4, -0.2) is 57.2 Å². The van der Waals surface area contributed by atoms with Crippen molar-refractivity contribution in [1.82, 2.24) is 25.1 Å². The normalized spacial score (nSPS) is 19.9. The summed E-state index contributed by atoms with van der Waals surface area (Å²) >= 11 is 0. The lowest BCUT2D eigenvalue weighted by atomic mass is 9.71. The van der Waals surface area contributed by atoms with Crippen molar-refractivity contribution in [1.29, 1.82) is 0 Å². The predicted octanol–water partition coefficient (Wildman–Crippen LogP) is 2.36. The van der Waals surface area contributed by atoms with Crippen molar-refractivity contribution in [2.75, 3.05) is 31.1 Å². The van der Waals surface area contributed by atoms with E-state index in [1.807, 2.05) is 6.07 Å². The number of carbonyl (C=O) groups excluding carboxylic acids is 1. The fourth-order valence-corrected chi connectivity index (χ4v) is 4.57. The number of carbonyl (C=O) groups is 1. The zero-order valence-corrected chi connectivity index (χ0v) is 15.8. The first-order valence-corrected chi connectivity index (χ1v) is 10.0. The van der Waals surface area contributed by atoms with Gasteiger partial charge in [-0.3, -0.25) is 4.79 Å². The maximum atomic E-state index is 13.1. The molecule has 27 heavy (non-hydrogen) atoms. The van der Waals surface area contributed by atoms with Gasteiger partial charge in [0.1, 0.15) is 6.33 Å². The number of benzene rings is 1. The highest BCUT2D eigenvalue weighted by molar-refractivity contribution is 5.77. The van der Waals surface area contributed by atoms with E-state index in [0.29, 0.717) is 6.42 Å². The Morgan fingerprint density at radius 1 is 1.00 bits per heavy atom. The topological polar surface area (TPSA) is 67.2 Å². The fourth-order valence-electron chi connectivity index (χ4n) is 4.57. The minimum Gasteiger partial charge on any atom is -0.368 e. The molecule has 0 spiro atoms. The molecule has 2 aliphatic rings. The number of para-hydroxylation sites is 1. The summed E-state index contributed by atoms with van der Waals surface area (Å²) in [5, 5.41) is 11.6. The van der Waals surface area contributed by atoms with Crippen LogP contribution >= 0.6 is 0 Å². The molecule has 7 heteroatoms. The molecule has 1 aromatic heterocycles. The van der Waals surface area contributed by atoms with Crippen LogP contribution in [0.15, 0.2) is 36.7 Å². The Morgan fingerprint density at radius 3 is 2.41 bits per heavy atom. The number of nitrogens with zero attached hydrogens (tertiary/aromatic N) is 6. The summed E-state index contributed by atoms with van der Waals surface area (Å²) in [5.41, 5.74) is 1.24. The number of hydrogen-bond acceptors (Lipinski definition) is 5. The highest BCUT2D eigenvalue weighted by atomic mass is 16.2. The smallest absolute Gasteiger partial charge is 0.223 e. The second kappa shape index (κ2) is 8.06. The molecule has 0 radical (unpaired) electrons. The van der Waals surface area contributed by atoms with Crippen LogP contribution in [0.25, 0.3) is 0 Å². The maximum absolute atomic E-state index is 13.1. The third kappa shape index (κ3) is 4.28. The molecule has 2 heterocycles. The first-order valence-electron chi connectivity index (χ1n) is 10.0. The largest absolute Gasteiger partial charge is 0.368 e. The van der Waals surface area contributed by atoms with Crippen LogP contribution in [0, 0.1) is 5.41 Å². The summed E-state index contributed by atoms with van der Waals surface area (Å²) in [6.45, 7) is 4.14. The minimum atomic E-state index is 0.00127. The van der Waals surface area contributed by atoms with E-state index in [4.69, 9.17) is 0 Å². The third-order valence-electron chi connectivity index (χ3n) is 6.08. The van der Waals surface area contributed by atoms with Gasteiger partial charge in [0.05, 0.1) is 6.54 Å². The van der Waals surface area contributed by atoms with Crippen LogP contribution in [0.3, 0.4) is 0 Å². The van der Waals surface area contributed by atoms with E-state index in [0.717, 1.165) is 45.6 Å². The van der Waals surface area contributed by atoms with Crippen molar-refractivity contribution in [3.63, 3.8) is 0 Å². The van der Waals surface area contributed by atoms with Gasteiger partial charge in [-0.2, -0.15) is 0 Å². The molecule has 4 rings (SSSR count). The summed E-state index contributed by atoms with van der Waals surface area (Å²) < 4.78 is 1.80. The highest BCUT2D eigenvalue weighted by Gasteiger charge is 2.37. The number of rotatable bonds is 5. The molecule has 0 unspecified atom stereocenters. The second-order valence-corrected chi connectivity index (χ2v) is 7.95. The van der Waals surface area contributed by atoms with Gasteiger partial charge in [0.2, 0.25) is 5.91 Å². The molecule has 2 aromatic rings. The Kier molecular flexibility index (Phi) is 5.36. The van der Waals surface area contributed by atoms with Crippen LogP contribution in [0.5, 0.6) is 0 Å². The molecule has 1 saturated heterocycles. The summed E-state index contributed by atoms with van der Waals surface area (Å²) in [7, 11) is 0. The van der Waals surface area contributed by atoms with Crippen molar-refractivity contribution >= 4 is 11.6 Å². The van der Waals surface area contributed by atoms with Gasteiger partial charge in [0.25, 0.3) is 0 Å². The molecule has 1 aliphatic heterocycles. The van der Waals surface area contributed by atoms with Crippen LogP contribution in [0.2, 0.25) is 0 Å². The monoisotopic (exact) mass is 368 g/mol. The van der Waals surface area contributed by atoms with E-state index in [2.05, 4.69) is 49.6 Å². The van der Waals surface area contributed by atoms with Crippen molar-refractivity contribution in [3.05, 3.63) is 36.7 Å². The Bertz CT molecular complexity index is 718. The fraction of sp³-hybridized carbons (Fsp3) is 0.600. The zero-order valence-electron chi connectivity index (χ0n) is 15.8. The Balaban J connectivity index is 1.37.